The number of carbonyl (C=O) groups is 1. The Kier molecular flexibility index (Phi) is 5.15. The Bertz CT molecular complexity index is 572. The van der Waals surface area contributed by atoms with Gasteiger partial charge in [0.1, 0.15) is 0 Å². The summed E-state index contributed by atoms with van der Waals surface area (Å²) in [5.74, 6) is 0.502. The highest BCUT2D eigenvalue weighted by atomic mass is 16.1. The van der Waals surface area contributed by atoms with Gasteiger partial charge in [-0.15, -0.1) is 0 Å². The first-order chi connectivity index (χ1) is 10.1. The number of amides is 1. The van der Waals surface area contributed by atoms with Crippen molar-refractivity contribution < 1.29 is 4.79 Å². The fourth-order valence-electron chi connectivity index (χ4n) is 2.35. The molecule has 2 nitrogen and oxygen atoms in total. The van der Waals surface area contributed by atoms with Gasteiger partial charge in [0.05, 0.1) is 6.04 Å². The molecule has 1 unspecified atom stereocenters. The first kappa shape index (κ1) is 15.3. The zero-order chi connectivity index (χ0) is 15.2. The molecule has 0 aliphatic carbocycles. The third-order valence-corrected chi connectivity index (χ3v) is 3.49. The van der Waals surface area contributed by atoms with Crippen LogP contribution in [0.4, 0.5) is 0 Å². The molecule has 21 heavy (non-hydrogen) atoms. The summed E-state index contributed by atoms with van der Waals surface area (Å²) in [5, 5.41) is 3.05. The van der Waals surface area contributed by atoms with Gasteiger partial charge in [-0.3, -0.25) is 4.79 Å². The molecule has 0 aliphatic rings. The largest absolute Gasteiger partial charge is 0.350 e. The monoisotopic (exact) mass is 281 g/mol. The molecule has 0 bridgehead atoms. The molecular formula is C19H23NO. The summed E-state index contributed by atoms with van der Waals surface area (Å²) in [5.41, 5.74) is 3.53. The maximum Gasteiger partial charge on any atom is 0.220 e. The van der Waals surface area contributed by atoms with Crippen molar-refractivity contribution in [2.75, 3.05) is 0 Å². The molecular weight excluding hydrogens is 258 g/mol. The minimum atomic E-state index is 0.0427. The Morgan fingerprint density at radius 2 is 1.48 bits per heavy atom. The van der Waals surface area contributed by atoms with Crippen LogP contribution in [0.1, 0.15) is 38.8 Å². The summed E-state index contributed by atoms with van der Waals surface area (Å²) in [6.45, 7) is 6.13. The molecule has 0 spiro atoms. The van der Waals surface area contributed by atoms with Crippen LogP contribution < -0.4 is 5.32 Å². The third kappa shape index (κ3) is 4.45. The molecule has 2 aromatic carbocycles. The smallest absolute Gasteiger partial charge is 0.220 e. The number of nitrogens with one attached hydrogen (secondary N) is 1. The lowest BCUT2D eigenvalue weighted by atomic mass is 10.0. The molecule has 2 rings (SSSR count). The quantitative estimate of drug-likeness (QED) is 0.854. The van der Waals surface area contributed by atoms with Gasteiger partial charge in [-0.2, -0.15) is 0 Å². The lowest BCUT2D eigenvalue weighted by molar-refractivity contribution is -0.122. The molecule has 110 valence electrons. The van der Waals surface area contributed by atoms with Crippen LogP contribution in [0.25, 0.3) is 11.1 Å². The minimum Gasteiger partial charge on any atom is -0.350 e. The van der Waals surface area contributed by atoms with Gasteiger partial charge in [-0.25, -0.2) is 0 Å². The van der Waals surface area contributed by atoms with Crippen molar-refractivity contribution in [3.05, 3.63) is 60.2 Å². The molecule has 0 saturated carbocycles. The van der Waals surface area contributed by atoms with Crippen molar-refractivity contribution in [3.8, 4) is 11.1 Å². The van der Waals surface area contributed by atoms with Crippen LogP contribution in [0.5, 0.6) is 0 Å². The second-order valence-corrected chi connectivity index (χ2v) is 5.88. The molecule has 1 amide bonds. The first-order valence-corrected chi connectivity index (χ1v) is 7.51. The maximum atomic E-state index is 11.8. The van der Waals surface area contributed by atoms with E-state index in [0.29, 0.717) is 12.3 Å². The first-order valence-electron chi connectivity index (χ1n) is 7.51. The fourth-order valence-corrected chi connectivity index (χ4v) is 2.35. The van der Waals surface area contributed by atoms with E-state index in [1.165, 1.54) is 11.1 Å². The van der Waals surface area contributed by atoms with Crippen molar-refractivity contribution in [1.82, 2.24) is 5.32 Å². The van der Waals surface area contributed by atoms with E-state index in [0.717, 1.165) is 5.56 Å². The molecule has 0 aromatic heterocycles. The molecule has 2 heteroatoms. The molecule has 1 N–H and O–H groups in total. The molecule has 0 fully saturated rings. The molecule has 0 aliphatic heterocycles. The van der Waals surface area contributed by atoms with E-state index in [9.17, 15) is 4.79 Å². The van der Waals surface area contributed by atoms with E-state index in [1.54, 1.807) is 0 Å². The summed E-state index contributed by atoms with van der Waals surface area (Å²) in [7, 11) is 0. The standard InChI is InChI=1S/C19H23NO/c1-14(2)13-19(21)20-15(3)16-9-11-18(12-10-16)17-7-5-4-6-8-17/h4-12,14-15H,13H2,1-3H3,(H,20,21). The fraction of sp³-hybridized carbons (Fsp3) is 0.316. The zero-order valence-electron chi connectivity index (χ0n) is 13.0. The Morgan fingerprint density at radius 1 is 0.905 bits per heavy atom. The molecule has 0 heterocycles. The Balaban J connectivity index is 2.03. The molecule has 1 atom stereocenters. The molecule has 2 aromatic rings. The average molecular weight is 281 g/mol. The lowest BCUT2D eigenvalue weighted by Gasteiger charge is -2.15. The van der Waals surface area contributed by atoms with Crippen molar-refractivity contribution in [3.63, 3.8) is 0 Å². The number of hydrogen-bond donors (Lipinski definition) is 1. The summed E-state index contributed by atoms with van der Waals surface area (Å²) in [6, 6.07) is 18.7. The highest BCUT2D eigenvalue weighted by Gasteiger charge is 2.10. The number of hydrogen-bond acceptors (Lipinski definition) is 1. The van der Waals surface area contributed by atoms with Crippen LogP contribution in [0.3, 0.4) is 0 Å². The SMILES string of the molecule is CC(C)CC(=O)NC(C)c1ccc(-c2ccccc2)cc1. The summed E-state index contributed by atoms with van der Waals surface area (Å²) >= 11 is 0. The third-order valence-electron chi connectivity index (χ3n) is 3.49. The van der Waals surface area contributed by atoms with E-state index in [-0.39, 0.29) is 11.9 Å². The van der Waals surface area contributed by atoms with E-state index < -0.39 is 0 Å². The van der Waals surface area contributed by atoms with Gasteiger partial charge < -0.3 is 5.32 Å². The average Bonchev–Trinajstić information content (AvgIpc) is 2.47. The van der Waals surface area contributed by atoms with Gasteiger partial charge in [0.15, 0.2) is 0 Å². The van der Waals surface area contributed by atoms with E-state index >= 15 is 0 Å². The Hall–Kier alpha value is -2.09. The van der Waals surface area contributed by atoms with Crippen LogP contribution in [-0.2, 0) is 4.79 Å². The van der Waals surface area contributed by atoms with Gasteiger partial charge in [-0.05, 0) is 29.5 Å². The van der Waals surface area contributed by atoms with Crippen molar-refractivity contribution in [1.29, 1.82) is 0 Å². The van der Waals surface area contributed by atoms with E-state index in [1.807, 2.05) is 25.1 Å². The van der Waals surface area contributed by atoms with Gasteiger partial charge in [0.2, 0.25) is 5.91 Å². The second kappa shape index (κ2) is 7.07. The van der Waals surface area contributed by atoms with Crippen molar-refractivity contribution in [2.24, 2.45) is 5.92 Å². The Morgan fingerprint density at radius 3 is 2.05 bits per heavy atom. The van der Waals surface area contributed by atoms with Gasteiger partial charge >= 0.3 is 0 Å². The predicted octanol–water partition coefficient (Wildman–Crippen LogP) is 4.58. The topological polar surface area (TPSA) is 29.1 Å². The Labute approximate surface area is 127 Å². The van der Waals surface area contributed by atoms with Crippen molar-refractivity contribution >= 4 is 5.91 Å². The van der Waals surface area contributed by atoms with Crippen LogP contribution in [-0.4, -0.2) is 5.91 Å². The van der Waals surface area contributed by atoms with Gasteiger partial charge in [-0.1, -0.05) is 68.4 Å². The summed E-state index contributed by atoms with van der Waals surface area (Å²) in [4.78, 5) is 11.8. The maximum absolute atomic E-state index is 11.8. The molecule has 0 radical (unpaired) electrons. The lowest BCUT2D eigenvalue weighted by Crippen LogP contribution is -2.27. The number of rotatable bonds is 5. The predicted molar refractivity (Wildman–Crippen MR) is 87.9 cm³/mol. The number of benzene rings is 2. The molecule has 0 saturated heterocycles. The normalized spacial score (nSPS) is 12.2. The van der Waals surface area contributed by atoms with E-state index in [2.05, 4.69) is 55.6 Å². The summed E-state index contributed by atoms with van der Waals surface area (Å²) < 4.78 is 0. The second-order valence-electron chi connectivity index (χ2n) is 5.88. The van der Waals surface area contributed by atoms with Crippen molar-refractivity contribution in [2.45, 2.75) is 33.2 Å². The minimum absolute atomic E-state index is 0.0427. The highest BCUT2D eigenvalue weighted by Crippen LogP contribution is 2.21. The summed E-state index contributed by atoms with van der Waals surface area (Å²) in [6.07, 6.45) is 0.576. The number of carbonyl (C=O) groups excluding carboxylic acids is 1. The van der Waals surface area contributed by atoms with Crippen LogP contribution in [0.2, 0.25) is 0 Å². The van der Waals surface area contributed by atoms with Crippen LogP contribution in [0, 0.1) is 5.92 Å². The van der Waals surface area contributed by atoms with Gasteiger partial charge in [0.25, 0.3) is 0 Å². The van der Waals surface area contributed by atoms with Crippen LogP contribution >= 0.6 is 0 Å². The van der Waals surface area contributed by atoms with E-state index in [4.69, 9.17) is 0 Å². The highest BCUT2D eigenvalue weighted by molar-refractivity contribution is 5.76. The zero-order valence-corrected chi connectivity index (χ0v) is 13.0. The van der Waals surface area contributed by atoms with Crippen LogP contribution in [0.15, 0.2) is 54.6 Å². The van der Waals surface area contributed by atoms with Gasteiger partial charge in [0, 0.05) is 6.42 Å².